The highest BCUT2D eigenvalue weighted by Gasteiger charge is 2.50. The van der Waals surface area contributed by atoms with E-state index in [2.05, 4.69) is 20.5 Å². The molecular formula is C49H59N7O9S2. The number of β-amino-alcohol motifs (C(OH)–C–C–N with tert-alkyl or cyclic N) is 1. The van der Waals surface area contributed by atoms with Crippen LogP contribution in [0.3, 0.4) is 0 Å². The number of nitrogens with one attached hydrogen (secondary N) is 2. The lowest BCUT2D eigenvalue weighted by atomic mass is 10.0. The Labute approximate surface area is 401 Å². The maximum absolute atomic E-state index is 13.7. The Morgan fingerprint density at radius 1 is 0.985 bits per heavy atom. The first-order valence-corrected chi connectivity index (χ1v) is 23.6. The molecule has 0 saturated carbocycles. The average molecular weight is 954 g/mol. The summed E-state index contributed by atoms with van der Waals surface area (Å²) >= 11 is 7.37. The number of unbranched alkanes of at least 4 members (excludes halogenated alkanes) is 1. The van der Waals surface area contributed by atoms with Gasteiger partial charge in [0.1, 0.15) is 35.7 Å². The topological polar surface area (TPSA) is 176 Å². The molecule has 6 rings (SSSR count). The number of aryl methyl sites for hydroxylation is 1. The summed E-state index contributed by atoms with van der Waals surface area (Å²) < 4.78 is 22.6. The number of thiocarbonyl (C=S) groups is 1. The van der Waals surface area contributed by atoms with Gasteiger partial charge in [0.15, 0.2) is 5.11 Å². The van der Waals surface area contributed by atoms with E-state index < -0.39 is 35.5 Å². The molecule has 0 bridgehead atoms. The first-order valence-electron chi connectivity index (χ1n) is 22.3. The van der Waals surface area contributed by atoms with Crippen LogP contribution in [0.4, 0.5) is 17.1 Å². The zero-order valence-corrected chi connectivity index (χ0v) is 40.4. The molecule has 3 atom stereocenters. The standard InChI is InChI=1S/C49H59N7O9S2/c1-31(2)43(46(60)54-28-37(57)26-40(54)45(59)51-27-33-11-13-34(14-12-33)44-32(3)52-30-67-44)53-42(58)29-64-23-10-22-63-21-8-9-24-65-38-18-15-35(16-19-38)56-48(66)55(47(61)49(56,4)5)36-17-20-39(50-6)41(25-36)62-7/h11-20,25,30-31,37,40,43,57H,8-10,21-24,26-29H2,1-5,7H3,(H,51,59)(H,53,58)/t37-,40+,43+/m1/s1. The molecule has 67 heavy (non-hydrogen) atoms. The van der Waals surface area contributed by atoms with Crippen LogP contribution in [0.15, 0.2) is 72.2 Å². The van der Waals surface area contributed by atoms with Gasteiger partial charge in [0.05, 0.1) is 48.2 Å². The van der Waals surface area contributed by atoms with Gasteiger partial charge in [-0.15, -0.1) is 11.3 Å². The van der Waals surface area contributed by atoms with Crippen LogP contribution in [0.2, 0.25) is 0 Å². The molecule has 1 aromatic heterocycles. The van der Waals surface area contributed by atoms with Gasteiger partial charge in [0, 0.05) is 45.0 Å². The van der Waals surface area contributed by atoms with Crippen molar-refractivity contribution >= 4 is 69.4 Å². The van der Waals surface area contributed by atoms with Crippen LogP contribution in [0.5, 0.6) is 11.5 Å². The summed E-state index contributed by atoms with van der Waals surface area (Å²) in [6.07, 6.45) is 1.36. The smallest absolute Gasteiger partial charge is 0.259 e. The first-order chi connectivity index (χ1) is 32.1. The summed E-state index contributed by atoms with van der Waals surface area (Å²) in [6, 6.07) is 18.5. The number of carbonyl (C=O) groups excluding carboxylic acids is 4. The van der Waals surface area contributed by atoms with Crippen LogP contribution in [-0.2, 0) is 35.2 Å². The van der Waals surface area contributed by atoms with E-state index in [9.17, 15) is 24.3 Å². The molecule has 0 spiro atoms. The van der Waals surface area contributed by atoms with Crippen molar-refractivity contribution in [2.45, 2.75) is 90.6 Å². The Hall–Kier alpha value is -5.97. The van der Waals surface area contributed by atoms with Gasteiger partial charge in [0.25, 0.3) is 5.91 Å². The fourth-order valence-electron chi connectivity index (χ4n) is 7.94. The van der Waals surface area contributed by atoms with Crippen molar-refractivity contribution in [3.63, 3.8) is 0 Å². The van der Waals surface area contributed by atoms with Gasteiger partial charge >= 0.3 is 0 Å². The van der Waals surface area contributed by atoms with Gasteiger partial charge in [-0.1, -0.05) is 44.2 Å². The molecule has 2 aliphatic heterocycles. The van der Waals surface area contributed by atoms with Crippen LogP contribution in [0, 0.1) is 19.4 Å². The third kappa shape index (κ3) is 12.3. The Morgan fingerprint density at radius 3 is 2.34 bits per heavy atom. The molecule has 0 radical (unpaired) electrons. The number of nitrogens with zero attached hydrogens (tertiary/aromatic N) is 5. The summed E-state index contributed by atoms with van der Waals surface area (Å²) in [6.45, 7) is 18.4. The number of aliphatic hydroxyl groups is 1. The predicted molar refractivity (Wildman–Crippen MR) is 260 cm³/mol. The molecule has 3 N–H and O–H groups in total. The monoisotopic (exact) mass is 953 g/mol. The molecule has 3 aromatic carbocycles. The number of hydrogen-bond donors (Lipinski definition) is 3. The maximum atomic E-state index is 13.7. The highest BCUT2D eigenvalue weighted by molar-refractivity contribution is 7.81. The number of likely N-dealkylation sites (tertiary alicyclic amines) is 1. The number of carbonyl (C=O) groups is 4. The molecule has 2 saturated heterocycles. The second kappa shape index (κ2) is 23.2. The van der Waals surface area contributed by atoms with Crippen molar-refractivity contribution in [2.24, 2.45) is 5.92 Å². The zero-order valence-electron chi connectivity index (χ0n) is 38.8. The molecule has 2 fully saturated rings. The Kier molecular flexibility index (Phi) is 17.4. The van der Waals surface area contributed by atoms with E-state index in [0.717, 1.165) is 40.2 Å². The van der Waals surface area contributed by atoms with E-state index in [0.29, 0.717) is 54.2 Å². The van der Waals surface area contributed by atoms with E-state index in [1.165, 1.54) is 16.9 Å². The third-order valence-electron chi connectivity index (χ3n) is 11.6. The summed E-state index contributed by atoms with van der Waals surface area (Å²) in [7, 11) is 1.48. The number of methoxy groups -OCH3 is 1. The predicted octanol–water partition coefficient (Wildman–Crippen LogP) is 6.60. The van der Waals surface area contributed by atoms with Gasteiger partial charge < -0.3 is 44.5 Å². The fourth-order valence-corrected chi connectivity index (χ4v) is 9.28. The highest BCUT2D eigenvalue weighted by atomic mass is 32.1. The Morgan fingerprint density at radius 2 is 1.67 bits per heavy atom. The van der Waals surface area contributed by atoms with Crippen molar-refractivity contribution in [2.75, 3.05) is 56.5 Å². The number of aromatic nitrogens is 1. The van der Waals surface area contributed by atoms with Crippen molar-refractivity contribution in [3.05, 3.63) is 94.9 Å². The van der Waals surface area contributed by atoms with Crippen LogP contribution < -0.4 is 29.9 Å². The van der Waals surface area contributed by atoms with Gasteiger partial charge in [-0.3, -0.25) is 24.1 Å². The van der Waals surface area contributed by atoms with Crippen LogP contribution in [-0.4, -0.2) is 114 Å². The number of ether oxygens (including phenoxy) is 4. The molecule has 18 heteroatoms. The van der Waals surface area contributed by atoms with Crippen LogP contribution in [0.25, 0.3) is 15.3 Å². The number of amides is 4. The molecular weight excluding hydrogens is 895 g/mol. The molecule has 0 aliphatic carbocycles. The highest BCUT2D eigenvalue weighted by Crippen LogP contribution is 2.40. The second-order valence-corrected chi connectivity index (χ2v) is 18.4. The number of rotatable bonds is 22. The van der Waals surface area contributed by atoms with Gasteiger partial charge in [-0.2, -0.15) is 0 Å². The maximum Gasteiger partial charge on any atom is 0.259 e. The van der Waals surface area contributed by atoms with E-state index in [-0.39, 0.29) is 50.5 Å². The number of aliphatic hydroxyl groups excluding tert-OH is 1. The SMILES string of the molecule is [C-]#[N+]c1ccc(N2C(=O)C(C)(C)N(c3ccc(OCCCCOCCCOCC(=O)N[C@H](C(=O)N4C[C@H](O)C[C@H]4C(=O)NCc4ccc(-c5scnc5C)cc4)C(C)C)cc3)C2=S)cc1OC. The quantitative estimate of drug-likeness (QED) is 0.0438. The molecule has 2 aliphatic rings. The molecule has 356 valence electrons. The van der Waals surface area contributed by atoms with E-state index in [4.69, 9.17) is 37.7 Å². The van der Waals surface area contributed by atoms with Crippen molar-refractivity contribution in [1.29, 1.82) is 0 Å². The lowest BCUT2D eigenvalue weighted by Gasteiger charge is -2.30. The minimum absolute atomic E-state index is 0.00399. The van der Waals surface area contributed by atoms with Crippen LogP contribution in [0.1, 0.15) is 64.6 Å². The summed E-state index contributed by atoms with van der Waals surface area (Å²) in [5.74, 6) is -0.678. The minimum atomic E-state index is -0.961. The van der Waals surface area contributed by atoms with Crippen molar-refractivity contribution < 1.29 is 43.2 Å². The Balaban J connectivity index is 0.846. The van der Waals surface area contributed by atoms with Gasteiger partial charge in [-0.05, 0) is 106 Å². The second-order valence-electron chi connectivity index (χ2n) is 17.2. The van der Waals surface area contributed by atoms with E-state index in [1.54, 1.807) is 29.5 Å². The third-order valence-corrected chi connectivity index (χ3v) is 13.0. The van der Waals surface area contributed by atoms with Crippen molar-refractivity contribution in [1.82, 2.24) is 20.5 Å². The molecule has 4 aromatic rings. The number of hydrogen-bond acceptors (Lipinski definition) is 12. The normalized spacial score (nSPS) is 17.1. The number of anilines is 2. The van der Waals surface area contributed by atoms with Gasteiger partial charge in [0.2, 0.25) is 23.4 Å². The van der Waals surface area contributed by atoms with Crippen molar-refractivity contribution in [3.8, 4) is 21.9 Å². The zero-order chi connectivity index (χ0) is 48.3. The largest absolute Gasteiger partial charge is 0.508 e. The first kappa shape index (κ1) is 50.4. The number of benzene rings is 3. The molecule has 16 nitrogen and oxygen atoms in total. The lowest BCUT2D eigenvalue weighted by Crippen LogP contribution is -2.55. The minimum Gasteiger partial charge on any atom is -0.508 e. The lowest BCUT2D eigenvalue weighted by molar-refractivity contribution is -0.143. The van der Waals surface area contributed by atoms with Crippen LogP contribution >= 0.6 is 23.6 Å². The summed E-state index contributed by atoms with van der Waals surface area (Å²) in [5, 5.41) is 16.5. The number of thiazole rings is 1. The van der Waals surface area contributed by atoms with E-state index >= 15 is 0 Å². The Bertz CT molecular complexity index is 2420. The molecule has 3 heterocycles. The molecule has 4 amide bonds. The summed E-state index contributed by atoms with van der Waals surface area (Å²) in [4.78, 5) is 67.1. The van der Waals surface area contributed by atoms with Gasteiger partial charge in [-0.25, -0.2) is 9.83 Å². The fraction of sp³-hybridized carbons (Fsp3) is 0.449. The van der Waals surface area contributed by atoms with E-state index in [1.807, 2.05) is 93.6 Å². The summed E-state index contributed by atoms with van der Waals surface area (Å²) in [5.41, 5.74) is 5.36. The average Bonchev–Trinajstić information content (AvgIpc) is 3.98. The molecule has 0 unspecified atom stereocenters.